The summed E-state index contributed by atoms with van der Waals surface area (Å²) >= 11 is 0. The molecule has 2 aliphatic heterocycles. The summed E-state index contributed by atoms with van der Waals surface area (Å²) in [6.07, 6.45) is -1.74. The van der Waals surface area contributed by atoms with E-state index in [9.17, 15) is 14.9 Å². The number of amides is 2. The van der Waals surface area contributed by atoms with Crippen LogP contribution < -0.4 is 11.1 Å². The topological polar surface area (TPSA) is 126 Å². The average Bonchev–Trinajstić information content (AvgIpc) is 2.70. The van der Waals surface area contributed by atoms with E-state index in [-0.39, 0.29) is 19.3 Å². The first kappa shape index (κ1) is 10.9. The molecular weight excluding hydrogens is 222 g/mol. The monoisotopic (exact) mass is 233 g/mol. The number of rotatable bonds is 3. The molecule has 0 aromatic carbocycles. The zero-order chi connectivity index (χ0) is 11.7. The standard InChI is InChI=1S/C7H11N3O6/c8-7(11)9-3-1-14-6-4(16-10(12)13)2-15-5(3)6/h3-6H,1-2H2,(H3,8,9,11)/t3-,4?,5-,6-/m1/s1. The first-order valence-corrected chi connectivity index (χ1v) is 4.68. The molecule has 2 aliphatic rings. The Balaban J connectivity index is 1.95. The highest BCUT2D eigenvalue weighted by Crippen LogP contribution is 2.28. The summed E-state index contributed by atoms with van der Waals surface area (Å²) in [5.74, 6) is 0. The second kappa shape index (κ2) is 4.10. The predicted molar refractivity (Wildman–Crippen MR) is 47.9 cm³/mol. The van der Waals surface area contributed by atoms with E-state index in [4.69, 9.17) is 15.2 Å². The fourth-order valence-electron chi connectivity index (χ4n) is 1.97. The minimum atomic E-state index is -0.880. The van der Waals surface area contributed by atoms with E-state index < -0.39 is 29.4 Å². The van der Waals surface area contributed by atoms with Crippen LogP contribution in [0.2, 0.25) is 0 Å². The van der Waals surface area contributed by atoms with Gasteiger partial charge in [0.1, 0.15) is 12.2 Å². The molecular formula is C7H11N3O6. The Labute approximate surface area is 89.9 Å². The predicted octanol–water partition coefficient (Wildman–Crippen LogP) is -1.60. The molecule has 1 unspecified atom stereocenters. The largest absolute Gasteiger partial charge is 0.371 e. The van der Waals surface area contributed by atoms with E-state index in [0.29, 0.717) is 0 Å². The first-order chi connectivity index (χ1) is 7.58. The van der Waals surface area contributed by atoms with Gasteiger partial charge in [0, 0.05) is 0 Å². The fourth-order valence-corrected chi connectivity index (χ4v) is 1.97. The van der Waals surface area contributed by atoms with Crippen LogP contribution in [0.5, 0.6) is 0 Å². The third kappa shape index (κ3) is 1.99. The Kier molecular flexibility index (Phi) is 2.79. The molecule has 0 radical (unpaired) electrons. The molecule has 16 heavy (non-hydrogen) atoms. The van der Waals surface area contributed by atoms with Crippen molar-refractivity contribution in [2.75, 3.05) is 13.2 Å². The van der Waals surface area contributed by atoms with Gasteiger partial charge in [-0.15, -0.1) is 10.1 Å². The first-order valence-electron chi connectivity index (χ1n) is 4.68. The third-order valence-electron chi connectivity index (χ3n) is 2.56. The minimum absolute atomic E-state index is 0.0628. The van der Waals surface area contributed by atoms with Crippen LogP contribution >= 0.6 is 0 Å². The number of nitrogens with zero attached hydrogens (tertiary/aromatic N) is 1. The molecule has 0 aliphatic carbocycles. The number of carbonyl (C=O) groups is 1. The highest BCUT2D eigenvalue weighted by atomic mass is 17.0. The van der Waals surface area contributed by atoms with Crippen molar-refractivity contribution < 1.29 is 24.2 Å². The molecule has 3 N–H and O–H groups in total. The summed E-state index contributed by atoms with van der Waals surface area (Å²) in [5, 5.41) is 11.8. The van der Waals surface area contributed by atoms with Gasteiger partial charge in [-0.2, -0.15) is 0 Å². The smallest absolute Gasteiger partial charge is 0.312 e. The van der Waals surface area contributed by atoms with Crippen LogP contribution in [0, 0.1) is 10.1 Å². The van der Waals surface area contributed by atoms with E-state index in [1.807, 2.05) is 0 Å². The van der Waals surface area contributed by atoms with Crippen molar-refractivity contribution in [1.29, 1.82) is 0 Å². The van der Waals surface area contributed by atoms with Crippen molar-refractivity contribution in [1.82, 2.24) is 5.32 Å². The van der Waals surface area contributed by atoms with E-state index in [1.165, 1.54) is 0 Å². The van der Waals surface area contributed by atoms with Crippen LogP contribution in [0.4, 0.5) is 4.79 Å². The molecule has 0 aromatic rings. The van der Waals surface area contributed by atoms with E-state index in [1.54, 1.807) is 0 Å². The maximum Gasteiger partial charge on any atom is 0.312 e. The molecule has 2 rings (SSSR count). The quantitative estimate of drug-likeness (QED) is 0.446. The van der Waals surface area contributed by atoms with Gasteiger partial charge in [0.2, 0.25) is 0 Å². The Bertz CT molecular complexity index is 280. The van der Waals surface area contributed by atoms with Crippen molar-refractivity contribution in [2.24, 2.45) is 5.73 Å². The summed E-state index contributed by atoms with van der Waals surface area (Å²) in [7, 11) is 0. The number of nitrogens with two attached hydrogens (primary N) is 1. The van der Waals surface area contributed by atoms with Gasteiger partial charge in [-0.25, -0.2) is 4.79 Å². The molecule has 9 heteroatoms. The number of fused-ring (bicyclic) bond motifs is 1. The van der Waals surface area contributed by atoms with Crippen LogP contribution in [0.25, 0.3) is 0 Å². The molecule has 90 valence electrons. The van der Waals surface area contributed by atoms with Crippen LogP contribution in [0.1, 0.15) is 0 Å². The van der Waals surface area contributed by atoms with Crippen LogP contribution in [-0.4, -0.2) is 48.7 Å². The fraction of sp³-hybridized carbons (Fsp3) is 0.857. The van der Waals surface area contributed by atoms with Crippen molar-refractivity contribution in [3.63, 3.8) is 0 Å². The van der Waals surface area contributed by atoms with Crippen molar-refractivity contribution >= 4 is 6.03 Å². The molecule has 9 nitrogen and oxygen atoms in total. The van der Waals surface area contributed by atoms with Gasteiger partial charge in [-0.3, -0.25) is 0 Å². The van der Waals surface area contributed by atoms with Gasteiger partial charge in [0.15, 0.2) is 6.10 Å². The van der Waals surface area contributed by atoms with Crippen molar-refractivity contribution in [3.05, 3.63) is 10.1 Å². The normalized spacial score (nSPS) is 36.8. The zero-order valence-electron chi connectivity index (χ0n) is 8.20. The maximum atomic E-state index is 10.7. The Morgan fingerprint density at radius 1 is 1.44 bits per heavy atom. The van der Waals surface area contributed by atoms with Crippen LogP contribution in [0.3, 0.4) is 0 Å². The van der Waals surface area contributed by atoms with Crippen LogP contribution in [-0.2, 0) is 14.3 Å². The molecule has 2 amide bonds. The Morgan fingerprint density at radius 3 is 2.75 bits per heavy atom. The summed E-state index contributed by atoms with van der Waals surface area (Å²) in [4.78, 5) is 25.3. The van der Waals surface area contributed by atoms with E-state index >= 15 is 0 Å². The second-order valence-corrected chi connectivity index (χ2v) is 3.58. The Morgan fingerprint density at radius 2 is 2.12 bits per heavy atom. The molecule has 0 saturated carbocycles. The lowest BCUT2D eigenvalue weighted by Gasteiger charge is -2.15. The number of hydrogen-bond donors (Lipinski definition) is 2. The number of hydrogen-bond acceptors (Lipinski definition) is 6. The zero-order valence-corrected chi connectivity index (χ0v) is 8.20. The van der Waals surface area contributed by atoms with Gasteiger partial charge >= 0.3 is 6.03 Å². The molecule has 2 fully saturated rings. The SMILES string of the molecule is NC(=O)N[C@@H]1CO[C@@H]2C(O[N+](=O)[O-])CO[C@@H]21. The van der Waals surface area contributed by atoms with Crippen LogP contribution in [0.15, 0.2) is 0 Å². The second-order valence-electron chi connectivity index (χ2n) is 3.58. The van der Waals surface area contributed by atoms with Gasteiger partial charge < -0.3 is 25.4 Å². The molecule has 4 atom stereocenters. The lowest BCUT2D eigenvalue weighted by Crippen LogP contribution is -2.46. The summed E-state index contributed by atoms with van der Waals surface area (Å²) in [6, 6.07) is -1.07. The number of ether oxygens (including phenoxy) is 2. The third-order valence-corrected chi connectivity index (χ3v) is 2.56. The molecule has 0 spiro atoms. The highest BCUT2D eigenvalue weighted by Gasteiger charge is 2.49. The molecule has 0 bridgehead atoms. The van der Waals surface area contributed by atoms with Gasteiger partial charge in [-0.05, 0) is 0 Å². The summed E-state index contributed by atoms with van der Waals surface area (Å²) in [6.45, 7) is 0.267. The lowest BCUT2D eigenvalue weighted by atomic mass is 10.1. The van der Waals surface area contributed by atoms with Crippen molar-refractivity contribution in [3.8, 4) is 0 Å². The maximum absolute atomic E-state index is 10.7. The number of primary amides is 1. The molecule has 2 saturated heterocycles. The lowest BCUT2D eigenvalue weighted by molar-refractivity contribution is -0.769. The summed E-state index contributed by atoms with van der Waals surface area (Å²) < 4.78 is 10.6. The number of urea groups is 1. The minimum Gasteiger partial charge on any atom is -0.371 e. The number of carbonyl (C=O) groups excluding carboxylic acids is 1. The van der Waals surface area contributed by atoms with Crippen molar-refractivity contribution in [2.45, 2.75) is 24.4 Å². The molecule has 2 heterocycles. The highest BCUT2D eigenvalue weighted by molar-refractivity contribution is 5.72. The average molecular weight is 233 g/mol. The van der Waals surface area contributed by atoms with Gasteiger partial charge in [0.25, 0.3) is 5.09 Å². The number of nitrogens with one attached hydrogen (secondary N) is 1. The molecule has 0 aromatic heterocycles. The van der Waals surface area contributed by atoms with Gasteiger partial charge in [0.05, 0.1) is 19.3 Å². The Hall–Kier alpha value is -1.61. The van der Waals surface area contributed by atoms with E-state index in [2.05, 4.69) is 10.2 Å². The summed E-state index contributed by atoms with van der Waals surface area (Å²) in [5.41, 5.74) is 4.97. The van der Waals surface area contributed by atoms with Gasteiger partial charge in [-0.1, -0.05) is 0 Å². The van der Waals surface area contributed by atoms with E-state index in [0.717, 1.165) is 0 Å².